The fraction of sp³-hybridized carbons (Fsp3) is 0.222. The Labute approximate surface area is 161 Å². The maximum Gasteiger partial charge on any atom is 0.240 e. The molecule has 0 aromatic heterocycles. The van der Waals surface area contributed by atoms with Crippen LogP contribution in [0.5, 0.6) is 0 Å². The number of amides is 2. The van der Waals surface area contributed by atoms with E-state index in [0.717, 1.165) is 6.07 Å². The minimum absolute atomic E-state index is 0.134. The molecule has 0 heterocycles. The minimum Gasteiger partial charge on any atom is -0.326 e. The molecule has 7 nitrogen and oxygen atoms in total. The number of hydrogen-bond acceptors (Lipinski definition) is 4. The van der Waals surface area contributed by atoms with Crippen LogP contribution >= 0.6 is 0 Å². The summed E-state index contributed by atoms with van der Waals surface area (Å²) >= 11 is 0. The fourth-order valence-corrected chi connectivity index (χ4v) is 3.24. The van der Waals surface area contributed by atoms with Crippen molar-refractivity contribution >= 4 is 33.2 Å². The number of benzene rings is 2. The smallest absolute Gasteiger partial charge is 0.240 e. The van der Waals surface area contributed by atoms with E-state index in [9.17, 15) is 26.8 Å². The molecule has 2 N–H and O–H groups in total. The zero-order valence-corrected chi connectivity index (χ0v) is 16.0. The molecule has 0 radical (unpaired) electrons. The molecule has 0 atom stereocenters. The fourth-order valence-electron chi connectivity index (χ4n) is 2.20. The molecular formula is C18H19F2N3O4S. The molecule has 0 aliphatic rings. The van der Waals surface area contributed by atoms with Crippen molar-refractivity contribution < 1.29 is 26.8 Å². The van der Waals surface area contributed by atoms with E-state index in [4.69, 9.17) is 0 Å². The summed E-state index contributed by atoms with van der Waals surface area (Å²) in [5.41, 5.74) is 1.14. The zero-order chi connectivity index (χ0) is 20.9. The Morgan fingerprint density at radius 2 is 1.68 bits per heavy atom. The summed E-state index contributed by atoms with van der Waals surface area (Å²) in [6.07, 6.45) is -0.169. The molecular weight excluding hydrogens is 392 g/mol. The predicted octanol–water partition coefficient (Wildman–Crippen LogP) is 2.25. The Balaban J connectivity index is 1.88. The molecule has 2 rings (SSSR count). The van der Waals surface area contributed by atoms with Gasteiger partial charge in [-0.05, 0) is 42.5 Å². The van der Waals surface area contributed by atoms with Gasteiger partial charge in [0.15, 0.2) is 11.6 Å². The molecule has 0 bridgehead atoms. The lowest BCUT2D eigenvalue weighted by Crippen LogP contribution is -2.28. The summed E-state index contributed by atoms with van der Waals surface area (Å²) in [6.45, 7) is 1.20. The second-order valence-corrected chi connectivity index (χ2v) is 7.66. The number of halogens is 2. The van der Waals surface area contributed by atoms with Crippen LogP contribution in [0.15, 0.2) is 47.4 Å². The lowest BCUT2D eigenvalue weighted by Gasteiger charge is -2.15. The van der Waals surface area contributed by atoms with Crippen LogP contribution in [0.2, 0.25) is 0 Å². The van der Waals surface area contributed by atoms with E-state index in [1.807, 2.05) is 0 Å². The van der Waals surface area contributed by atoms with Crippen molar-refractivity contribution in [3.63, 3.8) is 0 Å². The Kier molecular flexibility index (Phi) is 6.81. The molecule has 0 unspecified atom stereocenters. The number of rotatable bonds is 7. The number of carbonyl (C=O) groups excluding carboxylic acids is 2. The minimum atomic E-state index is -4.07. The first-order valence-electron chi connectivity index (χ1n) is 8.19. The summed E-state index contributed by atoms with van der Waals surface area (Å²) in [6, 6.07) is 8.74. The Bertz CT molecular complexity index is 979. The van der Waals surface area contributed by atoms with Crippen LogP contribution in [0.25, 0.3) is 0 Å². The van der Waals surface area contributed by atoms with Gasteiger partial charge in [0.1, 0.15) is 0 Å². The van der Waals surface area contributed by atoms with E-state index in [-0.39, 0.29) is 18.9 Å². The maximum absolute atomic E-state index is 13.2. The van der Waals surface area contributed by atoms with Crippen LogP contribution in [-0.4, -0.2) is 33.8 Å². The van der Waals surface area contributed by atoms with Crippen molar-refractivity contribution in [2.45, 2.75) is 18.2 Å². The van der Waals surface area contributed by atoms with Gasteiger partial charge in [-0.15, -0.1) is 0 Å². The SMILES string of the molecule is CC(=O)N(C)c1ccc(NC(=O)CCNS(=O)(=O)c2ccc(F)c(F)c2)cc1. The van der Waals surface area contributed by atoms with Crippen LogP contribution in [0, 0.1) is 11.6 Å². The molecule has 0 saturated heterocycles. The van der Waals surface area contributed by atoms with Gasteiger partial charge in [0.25, 0.3) is 0 Å². The maximum atomic E-state index is 13.2. The molecule has 10 heteroatoms. The number of nitrogens with one attached hydrogen (secondary N) is 2. The van der Waals surface area contributed by atoms with Gasteiger partial charge in [0.05, 0.1) is 4.90 Å². The molecule has 2 aromatic carbocycles. The van der Waals surface area contributed by atoms with E-state index in [1.54, 1.807) is 31.3 Å². The van der Waals surface area contributed by atoms with E-state index in [2.05, 4.69) is 10.0 Å². The second kappa shape index (κ2) is 8.89. The molecule has 0 aliphatic heterocycles. The summed E-state index contributed by atoms with van der Waals surface area (Å²) in [4.78, 5) is 24.3. The summed E-state index contributed by atoms with van der Waals surface area (Å²) in [7, 11) is -2.45. The summed E-state index contributed by atoms with van der Waals surface area (Å²) in [5.74, 6) is -3.01. The van der Waals surface area contributed by atoms with Crippen LogP contribution in [-0.2, 0) is 19.6 Å². The third kappa shape index (κ3) is 5.57. The van der Waals surface area contributed by atoms with Crippen molar-refractivity contribution in [3.05, 3.63) is 54.1 Å². The summed E-state index contributed by atoms with van der Waals surface area (Å²) in [5, 5.41) is 2.59. The Hall–Kier alpha value is -2.85. The van der Waals surface area contributed by atoms with Gasteiger partial charge in [0, 0.05) is 38.3 Å². The zero-order valence-electron chi connectivity index (χ0n) is 15.2. The average Bonchev–Trinajstić information content (AvgIpc) is 2.63. The number of hydrogen-bond donors (Lipinski definition) is 2. The number of nitrogens with zero attached hydrogens (tertiary/aromatic N) is 1. The molecule has 0 saturated carbocycles. The molecule has 28 heavy (non-hydrogen) atoms. The van der Waals surface area contributed by atoms with E-state index in [1.165, 1.54) is 11.8 Å². The number of sulfonamides is 1. The first kappa shape index (κ1) is 21.5. The topological polar surface area (TPSA) is 95.6 Å². The molecule has 150 valence electrons. The normalized spacial score (nSPS) is 11.1. The highest BCUT2D eigenvalue weighted by atomic mass is 32.2. The van der Waals surface area contributed by atoms with Gasteiger partial charge in [-0.2, -0.15) is 0 Å². The monoisotopic (exact) mass is 411 g/mol. The highest BCUT2D eigenvalue weighted by Gasteiger charge is 2.16. The van der Waals surface area contributed by atoms with Crippen LogP contribution in [0.1, 0.15) is 13.3 Å². The Morgan fingerprint density at radius 1 is 1.04 bits per heavy atom. The van der Waals surface area contributed by atoms with Crippen LogP contribution in [0.3, 0.4) is 0 Å². The molecule has 0 fully saturated rings. The van der Waals surface area contributed by atoms with E-state index >= 15 is 0 Å². The van der Waals surface area contributed by atoms with Crippen LogP contribution < -0.4 is 14.9 Å². The molecule has 2 amide bonds. The second-order valence-electron chi connectivity index (χ2n) is 5.90. The van der Waals surface area contributed by atoms with Crippen molar-refractivity contribution in [3.8, 4) is 0 Å². The highest BCUT2D eigenvalue weighted by Crippen LogP contribution is 2.17. The third-order valence-electron chi connectivity index (χ3n) is 3.86. The standard InChI is InChI=1S/C18H19F2N3O4S/c1-12(24)23(2)14-5-3-13(4-6-14)22-18(25)9-10-21-28(26,27)15-7-8-16(19)17(20)11-15/h3-8,11,21H,9-10H2,1-2H3,(H,22,25). The van der Waals surface area contributed by atoms with E-state index < -0.39 is 32.5 Å². The largest absolute Gasteiger partial charge is 0.326 e. The van der Waals surface area contributed by atoms with Crippen molar-refractivity contribution in [1.29, 1.82) is 0 Å². The van der Waals surface area contributed by atoms with Crippen molar-refractivity contribution in [1.82, 2.24) is 4.72 Å². The Morgan fingerprint density at radius 3 is 2.25 bits per heavy atom. The first-order chi connectivity index (χ1) is 13.1. The van der Waals surface area contributed by atoms with Crippen molar-refractivity contribution in [2.75, 3.05) is 23.8 Å². The van der Waals surface area contributed by atoms with Crippen LogP contribution in [0.4, 0.5) is 20.2 Å². The first-order valence-corrected chi connectivity index (χ1v) is 9.67. The summed E-state index contributed by atoms with van der Waals surface area (Å²) < 4.78 is 52.3. The van der Waals surface area contributed by atoms with Gasteiger partial charge in [-0.25, -0.2) is 21.9 Å². The van der Waals surface area contributed by atoms with Gasteiger partial charge in [-0.3, -0.25) is 9.59 Å². The number of anilines is 2. The van der Waals surface area contributed by atoms with Gasteiger partial charge in [-0.1, -0.05) is 0 Å². The van der Waals surface area contributed by atoms with Gasteiger partial charge < -0.3 is 10.2 Å². The van der Waals surface area contributed by atoms with Gasteiger partial charge in [0.2, 0.25) is 21.8 Å². The average molecular weight is 411 g/mol. The predicted molar refractivity (Wildman–Crippen MR) is 100 cm³/mol. The third-order valence-corrected chi connectivity index (χ3v) is 5.31. The number of carbonyl (C=O) groups is 2. The van der Waals surface area contributed by atoms with E-state index in [0.29, 0.717) is 23.5 Å². The highest BCUT2D eigenvalue weighted by molar-refractivity contribution is 7.89. The lowest BCUT2D eigenvalue weighted by atomic mass is 10.2. The molecule has 2 aromatic rings. The quantitative estimate of drug-likeness (QED) is 0.731. The van der Waals surface area contributed by atoms with Crippen molar-refractivity contribution in [2.24, 2.45) is 0 Å². The lowest BCUT2D eigenvalue weighted by molar-refractivity contribution is -0.117. The van der Waals surface area contributed by atoms with Gasteiger partial charge >= 0.3 is 0 Å². The molecule has 0 aliphatic carbocycles. The molecule has 0 spiro atoms.